The monoisotopic (exact) mass is 772 g/mol. The summed E-state index contributed by atoms with van der Waals surface area (Å²) >= 11 is 0. The maximum absolute atomic E-state index is 2.70. The molecule has 3 aliphatic heterocycles. The largest absolute Gasteiger partial charge is 0.376 e. The van der Waals surface area contributed by atoms with E-state index in [4.69, 9.17) is 0 Å². The molecule has 3 heteroatoms. The SMILES string of the molecule is CC1(C)CCC(C)(C)c2cc3c(cc21)N1c2cc4ccccc4c4c2B(c2cccc(c21)C3(C)C)N(c1cccc(-c2ccccc2)c1)c1ccc(-c2ccccc2)cc1-4. The summed E-state index contributed by atoms with van der Waals surface area (Å²) in [5.74, 6) is 0. The predicted octanol–water partition coefficient (Wildman–Crippen LogP) is 13.9. The number of benzene rings is 8. The van der Waals surface area contributed by atoms with E-state index in [1.54, 1.807) is 0 Å². The Morgan fingerprint density at radius 3 is 1.83 bits per heavy atom. The minimum absolute atomic E-state index is 0.0581. The van der Waals surface area contributed by atoms with Crippen LogP contribution in [0.4, 0.5) is 28.4 Å². The Labute approximate surface area is 355 Å². The summed E-state index contributed by atoms with van der Waals surface area (Å²) in [6, 6.07) is 62.2. The van der Waals surface area contributed by atoms with Gasteiger partial charge in [-0.25, -0.2) is 0 Å². The van der Waals surface area contributed by atoms with E-state index < -0.39 is 0 Å². The highest BCUT2D eigenvalue weighted by Gasteiger charge is 2.51. The minimum Gasteiger partial charge on any atom is -0.376 e. The molecule has 0 radical (unpaired) electrons. The van der Waals surface area contributed by atoms with Gasteiger partial charge >= 0.3 is 6.85 Å². The van der Waals surface area contributed by atoms with Crippen LogP contribution in [0.25, 0.3) is 44.2 Å². The molecule has 0 amide bonds. The van der Waals surface area contributed by atoms with Crippen LogP contribution in [-0.4, -0.2) is 6.85 Å². The fourth-order valence-corrected chi connectivity index (χ4v) is 11.5. The normalized spacial score (nSPS) is 17.0. The molecule has 0 fully saturated rings. The maximum atomic E-state index is 2.70. The van der Waals surface area contributed by atoms with Crippen molar-refractivity contribution >= 4 is 57.0 Å². The first-order valence-electron chi connectivity index (χ1n) is 21.8. The third kappa shape index (κ3) is 4.90. The van der Waals surface area contributed by atoms with Crippen molar-refractivity contribution in [3.8, 4) is 33.4 Å². The van der Waals surface area contributed by atoms with Crippen LogP contribution in [0.1, 0.15) is 76.6 Å². The van der Waals surface area contributed by atoms with Crippen molar-refractivity contribution in [3.05, 3.63) is 186 Å². The first kappa shape index (κ1) is 35.6. The summed E-state index contributed by atoms with van der Waals surface area (Å²) in [6.07, 6.45) is 2.38. The Kier molecular flexibility index (Phi) is 7.34. The number of rotatable bonds is 3. The average Bonchev–Trinajstić information content (AvgIpc) is 3.27. The molecule has 12 rings (SSSR count). The summed E-state index contributed by atoms with van der Waals surface area (Å²) in [7, 11) is 0. The molecule has 0 N–H and O–H groups in total. The van der Waals surface area contributed by atoms with Crippen molar-refractivity contribution in [1.82, 2.24) is 0 Å². The highest BCUT2D eigenvalue weighted by molar-refractivity contribution is 6.94. The van der Waals surface area contributed by atoms with Gasteiger partial charge in [0.1, 0.15) is 0 Å². The highest BCUT2D eigenvalue weighted by Crippen LogP contribution is 2.58. The number of hydrogen-bond acceptors (Lipinski definition) is 2. The average molecular weight is 773 g/mol. The van der Waals surface area contributed by atoms with Gasteiger partial charge in [-0.1, -0.05) is 169 Å². The zero-order valence-electron chi connectivity index (χ0n) is 35.5. The van der Waals surface area contributed by atoms with Gasteiger partial charge in [0.25, 0.3) is 0 Å². The lowest BCUT2D eigenvalue weighted by Gasteiger charge is -2.52. The van der Waals surface area contributed by atoms with Crippen LogP contribution in [-0.2, 0) is 16.2 Å². The van der Waals surface area contributed by atoms with Gasteiger partial charge < -0.3 is 9.71 Å². The van der Waals surface area contributed by atoms with E-state index in [1.807, 2.05) is 0 Å². The number of anilines is 5. The predicted molar refractivity (Wildman–Crippen MR) is 256 cm³/mol. The van der Waals surface area contributed by atoms with Crippen LogP contribution >= 0.6 is 0 Å². The lowest BCUT2D eigenvalue weighted by molar-refractivity contribution is 0.331. The second-order valence-electron chi connectivity index (χ2n) is 19.6. The Bertz CT molecular complexity index is 3090. The van der Waals surface area contributed by atoms with Crippen molar-refractivity contribution in [2.24, 2.45) is 0 Å². The van der Waals surface area contributed by atoms with Crippen molar-refractivity contribution in [2.75, 3.05) is 9.71 Å². The van der Waals surface area contributed by atoms with Gasteiger partial charge in [-0.05, 0) is 132 Å². The Morgan fingerprint density at radius 1 is 0.467 bits per heavy atom. The van der Waals surface area contributed by atoms with E-state index in [0.29, 0.717) is 0 Å². The second kappa shape index (κ2) is 12.4. The molecule has 8 aromatic rings. The summed E-state index contributed by atoms with van der Waals surface area (Å²) in [6.45, 7) is 14.7. The zero-order valence-corrected chi connectivity index (χ0v) is 35.5. The molecule has 0 atom stereocenters. The van der Waals surface area contributed by atoms with Crippen LogP contribution in [0.5, 0.6) is 0 Å². The minimum atomic E-state index is -0.212. The fraction of sp³-hybridized carbons (Fsp3) is 0.193. The van der Waals surface area contributed by atoms with E-state index in [2.05, 4.69) is 215 Å². The van der Waals surface area contributed by atoms with Crippen LogP contribution in [0, 0.1) is 0 Å². The van der Waals surface area contributed by atoms with Crippen molar-refractivity contribution in [1.29, 1.82) is 0 Å². The molecule has 0 bridgehead atoms. The molecule has 4 aliphatic rings. The van der Waals surface area contributed by atoms with Gasteiger partial charge in [0, 0.05) is 33.7 Å². The van der Waals surface area contributed by atoms with Crippen LogP contribution < -0.4 is 20.6 Å². The Hall–Kier alpha value is -6.32. The maximum Gasteiger partial charge on any atom is 0.333 e. The molecular weight excluding hydrogens is 723 g/mol. The van der Waals surface area contributed by atoms with Crippen molar-refractivity contribution < 1.29 is 0 Å². The molecule has 8 aromatic carbocycles. The first-order valence-corrected chi connectivity index (χ1v) is 21.8. The standard InChI is InChI=1S/C57H49BN2/c1-55(2)29-30-56(3,4)46-35-50-47(34-45(46)55)57(5,6)44-25-16-26-48-54(44)59(50)51-33-40-21-13-14-24-42(40)52-43-32-39(37-19-11-8-12-20-37)27-28-49(43)60(58(48)53(51)52)41-23-15-22-38(31-41)36-17-9-7-10-18-36/h7-28,31-35H,29-30H2,1-6H3. The van der Waals surface area contributed by atoms with Gasteiger partial charge in [0.15, 0.2) is 0 Å². The molecule has 1 aliphatic carbocycles. The topological polar surface area (TPSA) is 6.48 Å². The molecule has 0 saturated heterocycles. The first-order chi connectivity index (χ1) is 29.0. The van der Waals surface area contributed by atoms with E-state index in [-0.39, 0.29) is 23.1 Å². The van der Waals surface area contributed by atoms with E-state index in [1.165, 1.54) is 119 Å². The molecule has 0 spiro atoms. The summed E-state index contributed by atoms with van der Waals surface area (Å²) in [4.78, 5) is 5.38. The molecule has 2 nitrogen and oxygen atoms in total. The number of nitrogens with zero attached hydrogens (tertiary/aromatic N) is 2. The highest BCUT2D eigenvalue weighted by atomic mass is 15.2. The van der Waals surface area contributed by atoms with Gasteiger partial charge in [0.05, 0.1) is 5.69 Å². The molecule has 290 valence electrons. The molecule has 60 heavy (non-hydrogen) atoms. The summed E-state index contributed by atoms with van der Waals surface area (Å²) in [5.41, 5.74) is 22.5. The van der Waals surface area contributed by atoms with Crippen LogP contribution in [0.3, 0.4) is 0 Å². The lowest BCUT2D eigenvalue weighted by atomic mass is 9.42. The van der Waals surface area contributed by atoms with E-state index >= 15 is 0 Å². The van der Waals surface area contributed by atoms with Crippen LogP contribution in [0.15, 0.2) is 164 Å². The molecular formula is C57H49BN2. The van der Waals surface area contributed by atoms with Gasteiger partial charge in [-0.2, -0.15) is 0 Å². The quantitative estimate of drug-likeness (QED) is 0.165. The van der Waals surface area contributed by atoms with E-state index in [9.17, 15) is 0 Å². The Balaban J connectivity index is 1.21. The third-order valence-electron chi connectivity index (χ3n) is 14.8. The third-order valence-corrected chi connectivity index (χ3v) is 14.8. The van der Waals surface area contributed by atoms with Crippen LogP contribution in [0.2, 0.25) is 0 Å². The number of fused-ring (bicyclic) bond motifs is 9. The summed E-state index contributed by atoms with van der Waals surface area (Å²) in [5, 5.41) is 2.57. The smallest absolute Gasteiger partial charge is 0.333 e. The molecule has 3 heterocycles. The fourth-order valence-electron chi connectivity index (χ4n) is 11.5. The molecule has 0 aromatic heterocycles. The van der Waals surface area contributed by atoms with Gasteiger partial charge in [-0.15, -0.1) is 0 Å². The summed E-state index contributed by atoms with van der Waals surface area (Å²) < 4.78 is 0. The van der Waals surface area contributed by atoms with E-state index in [0.717, 1.165) is 0 Å². The van der Waals surface area contributed by atoms with Crippen molar-refractivity contribution in [3.63, 3.8) is 0 Å². The Morgan fingerprint density at radius 2 is 1.10 bits per heavy atom. The number of para-hydroxylation sites is 1. The zero-order chi connectivity index (χ0) is 40.7. The molecule has 0 saturated carbocycles. The second-order valence-corrected chi connectivity index (χ2v) is 19.6. The number of hydrogen-bond donors (Lipinski definition) is 0. The van der Waals surface area contributed by atoms with Crippen molar-refractivity contribution in [2.45, 2.75) is 70.6 Å². The van der Waals surface area contributed by atoms with Gasteiger partial charge in [-0.3, -0.25) is 0 Å². The lowest BCUT2D eigenvalue weighted by Crippen LogP contribution is -2.62. The molecule has 0 unspecified atom stereocenters. The van der Waals surface area contributed by atoms with Gasteiger partial charge in [0.2, 0.25) is 0 Å².